The highest BCUT2D eigenvalue weighted by atomic mass is 16.1. The number of imidazole rings is 1. The van der Waals surface area contributed by atoms with Crippen LogP contribution in [0.2, 0.25) is 0 Å². The third-order valence-electron chi connectivity index (χ3n) is 2.18. The number of nitrogens with one attached hydrogen (secondary N) is 2. The summed E-state index contributed by atoms with van der Waals surface area (Å²) >= 11 is 0. The van der Waals surface area contributed by atoms with Crippen LogP contribution in [-0.4, -0.2) is 15.8 Å². The molecule has 0 unspecified atom stereocenters. The maximum Gasteiger partial charge on any atom is 0.323 e. The first-order valence-electron chi connectivity index (χ1n) is 4.57. The highest BCUT2D eigenvalue weighted by Crippen LogP contribution is 2.08. The zero-order valence-electron chi connectivity index (χ0n) is 8.20. The first-order chi connectivity index (χ1) is 7.18. The van der Waals surface area contributed by atoms with E-state index in [9.17, 15) is 9.59 Å². The summed E-state index contributed by atoms with van der Waals surface area (Å²) in [6.07, 6.45) is 0. The highest BCUT2D eigenvalue weighted by molar-refractivity contribution is 6.08. The third-order valence-corrected chi connectivity index (χ3v) is 2.18. The maximum atomic E-state index is 11.9. The Bertz CT molecular complexity index is 537. The molecule has 76 valence electrons. The SMILES string of the molecule is Cc1[nH]c(=O)[nH]c1C(=O)c1ccccc1. The molecule has 1 aromatic carbocycles. The lowest BCUT2D eigenvalue weighted by atomic mass is 10.1. The molecule has 0 amide bonds. The molecular formula is C11H10N2O2. The molecule has 2 N–H and O–H groups in total. The molecule has 4 heteroatoms. The van der Waals surface area contributed by atoms with E-state index in [-0.39, 0.29) is 11.5 Å². The highest BCUT2D eigenvalue weighted by Gasteiger charge is 2.13. The minimum atomic E-state index is -0.355. The van der Waals surface area contributed by atoms with E-state index in [1.54, 1.807) is 31.2 Å². The Kier molecular flexibility index (Phi) is 2.25. The zero-order valence-corrected chi connectivity index (χ0v) is 8.20. The zero-order chi connectivity index (χ0) is 10.8. The number of H-pyrrole nitrogens is 2. The van der Waals surface area contributed by atoms with Gasteiger partial charge >= 0.3 is 5.69 Å². The van der Waals surface area contributed by atoms with Crippen LogP contribution < -0.4 is 5.69 Å². The van der Waals surface area contributed by atoms with Crippen molar-refractivity contribution in [1.29, 1.82) is 0 Å². The van der Waals surface area contributed by atoms with Gasteiger partial charge in [0, 0.05) is 11.3 Å². The van der Waals surface area contributed by atoms with Gasteiger partial charge in [0.05, 0.1) is 0 Å². The van der Waals surface area contributed by atoms with Crippen LogP contribution >= 0.6 is 0 Å². The number of aryl methyl sites for hydroxylation is 1. The van der Waals surface area contributed by atoms with E-state index >= 15 is 0 Å². The lowest BCUT2D eigenvalue weighted by Crippen LogP contribution is -2.06. The molecule has 0 fully saturated rings. The molecule has 0 saturated carbocycles. The topological polar surface area (TPSA) is 65.7 Å². The van der Waals surface area contributed by atoms with E-state index in [4.69, 9.17) is 0 Å². The van der Waals surface area contributed by atoms with Crippen LogP contribution in [0.25, 0.3) is 0 Å². The van der Waals surface area contributed by atoms with Gasteiger partial charge in [-0.05, 0) is 6.92 Å². The van der Waals surface area contributed by atoms with E-state index in [1.807, 2.05) is 6.07 Å². The Balaban J connectivity index is 2.46. The summed E-state index contributed by atoms with van der Waals surface area (Å²) in [4.78, 5) is 27.9. The number of ketones is 1. The van der Waals surface area contributed by atoms with Gasteiger partial charge in [-0.25, -0.2) is 4.79 Å². The summed E-state index contributed by atoms with van der Waals surface area (Å²) in [7, 11) is 0. The van der Waals surface area contributed by atoms with Crippen molar-refractivity contribution in [2.75, 3.05) is 0 Å². The maximum absolute atomic E-state index is 11.9. The second-order valence-corrected chi connectivity index (χ2v) is 3.27. The average molecular weight is 202 g/mol. The van der Waals surface area contributed by atoms with Gasteiger partial charge < -0.3 is 9.97 Å². The average Bonchev–Trinajstić information content (AvgIpc) is 2.58. The number of carbonyl (C=O) groups excluding carboxylic acids is 1. The van der Waals surface area contributed by atoms with Crippen molar-refractivity contribution < 1.29 is 4.79 Å². The standard InChI is InChI=1S/C11H10N2O2/c1-7-9(13-11(15)12-7)10(14)8-5-3-2-4-6-8/h2-6H,1H3,(H2,12,13,15). The summed E-state index contributed by atoms with van der Waals surface area (Å²) in [6, 6.07) is 8.84. The quantitative estimate of drug-likeness (QED) is 0.719. The van der Waals surface area contributed by atoms with Gasteiger partial charge in [0.1, 0.15) is 5.69 Å². The number of rotatable bonds is 2. The number of aromatic amines is 2. The predicted molar refractivity (Wildman–Crippen MR) is 56.0 cm³/mol. The molecule has 0 saturated heterocycles. The summed E-state index contributed by atoms with van der Waals surface area (Å²) in [5, 5.41) is 0. The third kappa shape index (κ3) is 1.74. The van der Waals surface area contributed by atoms with Crippen LogP contribution in [-0.2, 0) is 0 Å². The molecule has 0 radical (unpaired) electrons. The van der Waals surface area contributed by atoms with Gasteiger partial charge in [0.2, 0.25) is 5.78 Å². The van der Waals surface area contributed by atoms with Crippen molar-refractivity contribution in [3.05, 3.63) is 57.8 Å². The first-order valence-corrected chi connectivity index (χ1v) is 4.57. The van der Waals surface area contributed by atoms with Crippen molar-refractivity contribution in [3.63, 3.8) is 0 Å². The van der Waals surface area contributed by atoms with Gasteiger partial charge in [-0.2, -0.15) is 0 Å². The Morgan fingerprint density at radius 2 is 1.80 bits per heavy atom. The molecule has 0 atom stereocenters. The molecule has 2 aromatic rings. The molecule has 1 aromatic heterocycles. The van der Waals surface area contributed by atoms with Crippen LogP contribution in [0.5, 0.6) is 0 Å². The van der Waals surface area contributed by atoms with Gasteiger partial charge in [-0.1, -0.05) is 30.3 Å². The second kappa shape index (κ2) is 3.57. The van der Waals surface area contributed by atoms with E-state index in [2.05, 4.69) is 9.97 Å². The van der Waals surface area contributed by atoms with Crippen molar-refractivity contribution in [2.24, 2.45) is 0 Å². The van der Waals surface area contributed by atoms with E-state index in [0.717, 1.165) is 0 Å². The Hall–Kier alpha value is -2.10. The molecule has 4 nitrogen and oxygen atoms in total. The number of hydrogen-bond donors (Lipinski definition) is 2. The molecule has 0 spiro atoms. The molecule has 0 aliphatic heterocycles. The molecular weight excluding hydrogens is 192 g/mol. The van der Waals surface area contributed by atoms with Gasteiger partial charge in [-0.15, -0.1) is 0 Å². The lowest BCUT2D eigenvalue weighted by molar-refractivity contribution is 0.103. The van der Waals surface area contributed by atoms with Crippen LogP contribution in [0.4, 0.5) is 0 Å². The minimum Gasteiger partial charge on any atom is -0.310 e. The summed E-state index contributed by atoms with van der Waals surface area (Å²) in [6.45, 7) is 1.69. The second-order valence-electron chi connectivity index (χ2n) is 3.27. The minimum absolute atomic E-state index is 0.175. The largest absolute Gasteiger partial charge is 0.323 e. The van der Waals surface area contributed by atoms with Crippen LogP contribution in [0.1, 0.15) is 21.7 Å². The van der Waals surface area contributed by atoms with Crippen molar-refractivity contribution >= 4 is 5.78 Å². The number of aromatic nitrogens is 2. The summed E-state index contributed by atoms with van der Waals surface area (Å²) in [5.74, 6) is -0.175. The van der Waals surface area contributed by atoms with Crippen LogP contribution in [0.3, 0.4) is 0 Å². The van der Waals surface area contributed by atoms with Gasteiger partial charge in [-0.3, -0.25) is 4.79 Å². The fourth-order valence-corrected chi connectivity index (χ4v) is 1.43. The first kappa shape index (κ1) is 9.45. The van der Waals surface area contributed by atoms with Crippen molar-refractivity contribution in [3.8, 4) is 0 Å². The molecule has 1 heterocycles. The molecule has 0 bridgehead atoms. The Morgan fingerprint density at radius 1 is 1.13 bits per heavy atom. The predicted octanol–water partition coefficient (Wildman–Crippen LogP) is 1.24. The van der Waals surface area contributed by atoms with E-state index in [1.165, 1.54) is 0 Å². The normalized spacial score (nSPS) is 10.2. The monoisotopic (exact) mass is 202 g/mol. The lowest BCUT2D eigenvalue weighted by Gasteiger charge is -1.98. The van der Waals surface area contributed by atoms with Crippen molar-refractivity contribution in [2.45, 2.75) is 6.92 Å². The van der Waals surface area contributed by atoms with E-state index in [0.29, 0.717) is 17.0 Å². The summed E-state index contributed by atoms with van der Waals surface area (Å²) < 4.78 is 0. The smallest absolute Gasteiger partial charge is 0.310 e. The van der Waals surface area contributed by atoms with E-state index < -0.39 is 0 Å². The summed E-state index contributed by atoms with van der Waals surface area (Å²) in [5.41, 5.74) is 1.10. The molecule has 0 aliphatic rings. The number of carbonyl (C=O) groups is 1. The Labute approximate surface area is 86.0 Å². The van der Waals surface area contributed by atoms with Crippen LogP contribution in [0, 0.1) is 6.92 Å². The van der Waals surface area contributed by atoms with Gasteiger partial charge in [0.15, 0.2) is 0 Å². The number of hydrogen-bond acceptors (Lipinski definition) is 2. The molecule has 15 heavy (non-hydrogen) atoms. The molecule has 2 rings (SSSR count). The van der Waals surface area contributed by atoms with Crippen LogP contribution in [0.15, 0.2) is 35.1 Å². The Morgan fingerprint density at radius 3 is 2.33 bits per heavy atom. The number of benzene rings is 1. The van der Waals surface area contributed by atoms with Gasteiger partial charge in [0.25, 0.3) is 0 Å². The van der Waals surface area contributed by atoms with Crippen molar-refractivity contribution in [1.82, 2.24) is 9.97 Å². The molecule has 0 aliphatic carbocycles. The fraction of sp³-hybridized carbons (Fsp3) is 0.0909. The fourth-order valence-electron chi connectivity index (χ4n) is 1.43.